The van der Waals surface area contributed by atoms with E-state index >= 15 is 0 Å². The predicted molar refractivity (Wildman–Crippen MR) is 132 cm³/mol. The van der Waals surface area contributed by atoms with Gasteiger partial charge in [0.15, 0.2) is 0 Å². The van der Waals surface area contributed by atoms with Crippen LogP contribution in [0.2, 0.25) is 5.02 Å². The summed E-state index contributed by atoms with van der Waals surface area (Å²) < 4.78 is 26.2. The molecular formula is C27H27ClFN3O3. The van der Waals surface area contributed by atoms with Crippen molar-refractivity contribution in [1.82, 2.24) is 15.6 Å². The molecule has 1 aliphatic carbocycles. The number of pyridine rings is 1. The number of carbonyl (C=O) groups is 1. The molecule has 1 amide bonds. The number of amides is 1. The molecule has 0 unspecified atom stereocenters. The third kappa shape index (κ3) is 4.97. The third-order valence-corrected chi connectivity index (χ3v) is 6.87. The zero-order chi connectivity index (χ0) is 24.4. The first kappa shape index (κ1) is 23.6. The number of rotatable bonds is 8. The molecule has 6 nitrogen and oxygen atoms in total. The number of halogens is 2. The van der Waals surface area contributed by atoms with Crippen molar-refractivity contribution in [2.75, 3.05) is 13.7 Å². The maximum Gasteiger partial charge on any atom is 0.236 e. The molecule has 0 radical (unpaired) electrons. The van der Waals surface area contributed by atoms with Gasteiger partial charge in [0.1, 0.15) is 16.9 Å². The maximum atomic E-state index is 14.5. The second kappa shape index (κ2) is 10.2. The molecule has 1 aromatic heterocycles. The molecule has 3 aromatic rings. The maximum absolute atomic E-state index is 14.5. The highest BCUT2D eigenvalue weighted by molar-refractivity contribution is 6.31. The van der Waals surface area contributed by atoms with Crippen LogP contribution in [0.15, 0.2) is 48.5 Å². The average molecular weight is 496 g/mol. The first-order valence-corrected chi connectivity index (χ1v) is 12.2. The lowest BCUT2D eigenvalue weighted by Gasteiger charge is -2.18. The predicted octanol–water partition coefficient (Wildman–Crippen LogP) is 4.98. The fourth-order valence-corrected chi connectivity index (χ4v) is 5.12. The van der Waals surface area contributed by atoms with Crippen LogP contribution in [0.25, 0.3) is 11.1 Å². The first-order valence-electron chi connectivity index (χ1n) is 11.8. The van der Waals surface area contributed by atoms with Gasteiger partial charge in [-0.2, -0.15) is 4.98 Å². The van der Waals surface area contributed by atoms with Crippen LogP contribution < -0.4 is 20.1 Å². The van der Waals surface area contributed by atoms with E-state index in [4.69, 9.17) is 21.1 Å². The van der Waals surface area contributed by atoms with E-state index in [1.54, 1.807) is 25.3 Å². The van der Waals surface area contributed by atoms with Crippen LogP contribution in [0.1, 0.15) is 42.1 Å². The number of aromatic nitrogens is 1. The monoisotopic (exact) mass is 495 g/mol. The van der Waals surface area contributed by atoms with E-state index in [-0.39, 0.29) is 23.9 Å². The standard InChI is InChI=1S/C27H27ClFN3O3/c1-34-26-16(14-30-15-17-9-12-25(33)31-17)13-22(28)27(32-26)35-24-11-10-19-18(6-4-7-21(19)24)20-5-2-3-8-23(20)29/h2-8,13,17,24,30H,9-12,14-15H2,1H3,(H,31,33)/t17-,24-/m0/s1. The van der Waals surface area contributed by atoms with Crippen LogP contribution in [-0.2, 0) is 17.8 Å². The van der Waals surface area contributed by atoms with E-state index < -0.39 is 0 Å². The molecule has 182 valence electrons. The van der Waals surface area contributed by atoms with E-state index in [9.17, 15) is 9.18 Å². The highest BCUT2D eigenvalue weighted by Crippen LogP contribution is 2.42. The Hall–Kier alpha value is -3.16. The second-order valence-corrected chi connectivity index (χ2v) is 9.28. The molecule has 5 rings (SSSR count). The van der Waals surface area contributed by atoms with Gasteiger partial charge in [-0.15, -0.1) is 0 Å². The average Bonchev–Trinajstić information content (AvgIpc) is 3.47. The summed E-state index contributed by atoms with van der Waals surface area (Å²) in [5, 5.41) is 6.67. The van der Waals surface area contributed by atoms with E-state index in [0.29, 0.717) is 41.9 Å². The number of carbonyl (C=O) groups excluding carboxylic acids is 1. The number of methoxy groups -OCH3 is 1. The van der Waals surface area contributed by atoms with Crippen LogP contribution in [0.3, 0.4) is 0 Å². The minimum atomic E-state index is -0.237. The van der Waals surface area contributed by atoms with Crippen LogP contribution >= 0.6 is 11.6 Å². The van der Waals surface area contributed by atoms with Crippen molar-refractivity contribution in [2.24, 2.45) is 0 Å². The van der Waals surface area contributed by atoms with Crippen molar-refractivity contribution >= 4 is 17.5 Å². The highest BCUT2D eigenvalue weighted by Gasteiger charge is 2.28. The van der Waals surface area contributed by atoms with E-state index in [0.717, 1.165) is 41.5 Å². The minimum absolute atomic E-state index is 0.0927. The van der Waals surface area contributed by atoms with Crippen molar-refractivity contribution < 1.29 is 18.7 Å². The molecule has 2 heterocycles. The molecule has 8 heteroatoms. The van der Waals surface area contributed by atoms with Gasteiger partial charge in [0.2, 0.25) is 17.7 Å². The van der Waals surface area contributed by atoms with Gasteiger partial charge in [-0.25, -0.2) is 4.39 Å². The summed E-state index contributed by atoms with van der Waals surface area (Å²) in [7, 11) is 1.56. The van der Waals surface area contributed by atoms with Gasteiger partial charge in [0.25, 0.3) is 0 Å². The number of hydrogen-bond donors (Lipinski definition) is 2. The lowest BCUT2D eigenvalue weighted by molar-refractivity contribution is -0.119. The van der Waals surface area contributed by atoms with Crippen molar-refractivity contribution in [2.45, 2.75) is 44.4 Å². The summed E-state index contributed by atoms with van der Waals surface area (Å²) in [6.07, 6.45) is 2.69. The van der Waals surface area contributed by atoms with Gasteiger partial charge < -0.3 is 20.1 Å². The Bertz CT molecular complexity index is 1250. The van der Waals surface area contributed by atoms with Crippen molar-refractivity contribution in [3.8, 4) is 22.9 Å². The van der Waals surface area contributed by atoms with E-state index in [2.05, 4.69) is 15.6 Å². The molecule has 1 fully saturated rings. The SMILES string of the molecule is COc1nc(O[C@H]2CCc3c(-c4ccccc4F)cccc32)c(Cl)cc1CNC[C@@H]1CCC(=O)N1. The fourth-order valence-electron chi connectivity index (χ4n) is 4.90. The second-order valence-electron chi connectivity index (χ2n) is 8.88. The summed E-state index contributed by atoms with van der Waals surface area (Å²) in [6.45, 7) is 1.16. The van der Waals surface area contributed by atoms with Crippen molar-refractivity contribution in [1.29, 1.82) is 0 Å². The zero-order valence-corrected chi connectivity index (χ0v) is 20.2. The molecule has 1 aliphatic heterocycles. The Morgan fingerprint density at radius 2 is 1.94 bits per heavy atom. The Balaban J connectivity index is 1.32. The lowest BCUT2D eigenvalue weighted by atomic mass is 9.96. The molecule has 2 atom stereocenters. The fraction of sp³-hybridized carbons (Fsp3) is 0.333. The molecule has 2 aromatic carbocycles. The Labute approximate surface area is 208 Å². The lowest BCUT2D eigenvalue weighted by Crippen LogP contribution is -2.35. The van der Waals surface area contributed by atoms with Gasteiger partial charge in [-0.1, -0.05) is 48.0 Å². The summed E-state index contributed by atoms with van der Waals surface area (Å²) in [5.41, 5.74) is 4.40. The van der Waals surface area contributed by atoms with Gasteiger partial charge in [-0.3, -0.25) is 4.79 Å². The molecule has 0 spiro atoms. The Morgan fingerprint density at radius 3 is 2.71 bits per heavy atom. The number of fused-ring (bicyclic) bond motifs is 1. The molecular weight excluding hydrogens is 469 g/mol. The van der Waals surface area contributed by atoms with Crippen LogP contribution in [0.5, 0.6) is 11.8 Å². The van der Waals surface area contributed by atoms with Gasteiger partial charge in [-0.05, 0) is 48.1 Å². The summed E-state index contributed by atoms with van der Waals surface area (Å²) >= 11 is 6.56. The third-order valence-electron chi connectivity index (χ3n) is 6.60. The largest absolute Gasteiger partial charge is 0.481 e. The Kier molecular flexibility index (Phi) is 6.88. The molecule has 2 aliphatic rings. The highest BCUT2D eigenvalue weighted by atomic mass is 35.5. The van der Waals surface area contributed by atoms with E-state index in [1.807, 2.05) is 24.3 Å². The molecule has 0 bridgehead atoms. The normalized spacial score (nSPS) is 18.9. The molecule has 2 N–H and O–H groups in total. The Morgan fingerprint density at radius 1 is 1.11 bits per heavy atom. The van der Waals surface area contributed by atoms with Crippen LogP contribution in [0.4, 0.5) is 4.39 Å². The molecule has 0 saturated carbocycles. The van der Waals surface area contributed by atoms with Crippen LogP contribution in [-0.4, -0.2) is 30.6 Å². The topological polar surface area (TPSA) is 72.5 Å². The zero-order valence-electron chi connectivity index (χ0n) is 19.4. The summed E-state index contributed by atoms with van der Waals surface area (Å²) in [5.74, 6) is 0.601. The number of nitrogens with one attached hydrogen (secondary N) is 2. The van der Waals surface area contributed by atoms with Gasteiger partial charge in [0, 0.05) is 36.7 Å². The van der Waals surface area contributed by atoms with Gasteiger partial charge in [0.05, 0.1) is 7.11 Å². The number of hydrogen-bond acceptors (Lipinski definition) is 5. The van der Waals surface area contributed by atoms with Crippen molar-refractivity contribution in [3.63, 3.8) is 0 Å². The minimum Gasteiger partial charge on any atom is -0.481 e. The summed E-state index contributed by atoms with van der Waals surface area (Å²) in [4.78, 5) is 15.9. The smallest absolute Gasteiger partial charge is 0.236 e. The quantitative estimate of drug-likeness (QED) is 0.461. The molecule has 1 saturated heterocycles. The first-order chi connectivity index (χ1) is 17.0. The van der Waals surface area contributed by atoms with E-state index in [1.165, 1.54) is 6.07 Å². The number of ether oxygens (including phenoxy) is 2. The number of benzene rings is 2. The summed E-state index contributed by atoms with van der Waals surface area (Å²) in [6, 6.07) is 14.7. The van der Waals surface area contributed by atoms with Crippen LogP contribution in [0, 0.1) is 5.82 Å². The van der Waals surface area contributed by atoms with Crippen molar-refractivity contribution in [3.05, 3.63) is 76.1 Å². The molecule has 35 heavy (non-hydrogen) atoms. The number of nitrogens with zero attached hydrogens (tertiary/aromatic N) is 1. The van der Waals surface area contributed by atoms with Gasteiger partial charge >= 0.3 is 0 Å².